The van der Waals surface area contributed by atoms with Gasteiger partial charge in [-0.05, 0) is 17.0 Å². The largest absolute Gasteiger partial charge is 0.337 e. The minimum atomic E-state index is -0.493. The molecular weight excluding hydrogens is 302 g/mol. The molecule has 3 rings (SSSR count). The Labute approximate surface area is 139 Å². The second-order valence-corrected chi connectivity index (χ2v) is 5.32. The van der Waals surface area contributed by atoms with Gasteiger partial charge in [0.2, 0.25) is 5.91 Å². The van der Waals surface area contributed by atoms with Crippen molar-refractivity contribution in [2.75, 3.05) is 5.32 Å². The first kappa shape index (κ1) is 15.6. The van der Waals surface area contributed by atoms with Gasteiger partial charge in [0, 0.05) is 5.39 Å². The highest BCUT2D eigenvalue weighted by Gasteiger charge is 2.07. The Hall–Kier alpha value is -3.34. The third kappa shape index (κ3) is 3.89. The molecule has 120 valence electrons. The molecule has 0 aliphatic heterocycles. The second-order valence-electron chi connectivity index (χ2n) is 5.32. The number of hydrazine groups is 1. The summed E-state index contributed by atoms with van der Waals surface area (Å²) in [5, 5.41) is 4.71. The fraction of sp³-hybridized carbons (Fsp3) is 0.0526. The number of urea groups is 1. The van der Waals surface area contributed by atoms with Crippen LogP contribution in [0.25, 0.3) is 10.8 Å². The Morgan fingerprint density at radius 3 is 2.29 bits per heavy atom. The minimum absolute atomic E-state index is 0.204. The summed E-state index contributed by atoms with van der Waals surface area (Å²) in [6.07, 6.45) is 0.204. The molecule has 0 bridgehead atoms. The maximum absolute atomic E-state index is 12.0. The van der Waals surface area contributed by atoms with E-state index in [1.807, 2.05) is 72.8 Å². The van der Waals surface area contributed by atoms with Gasteiger partial charge in [0.1, 0.15) is 0 Å². The van der Waals surface area contributed by atoms with Crippen molar-refractivity contribution in [2.24, 2.45) is 0 Å². The molecule has 0 fully saturated rings. The molecule has 0 saturated carbocycles. The van der Waals surface area contributed by atoms with Crippen molar-refractivity contribution in [3.05, 3.63) is 78.4 Å². The molecule has 0 unspecified atom stereocenters. The van der Waals surface area contributed by atoms with Crippen molar-refractivity contribution in [2.45, 2.75) is 6.42 Å². The molecule has 3 N–H and O–H groups in total. The summed E-state index contributed by atoms with van der Waals surface area (Å²) >= 11 is 0. The molecule has 3 aromatic rings. The van der Waals surface area contributed by atoms with E-state index in [0.29, 0.717) is 5.69 Å². The van der Waals surface area contributed by atoms with Crippen LogP contribution >= 0.6 is 0 Å². The normalized spacial score (nSPS) is 10.2. The number of hydrogen-bond donors (Lipinski definition) is 3. The number of carbonyl (C=O) groups excluding carboxylic acids is 2. The molecule has 0 saturated heterocycles. The summed E-state index contributed by atoms with van der Waals surface area (Å²) in [6, 6.07) is 22.2. The first-order valence-electron chi connectivity index (χ1n) is 7.60. The van der Waals surface area contributed by atoms with E-state index < -0.39 is 6.03 Å². The summed E-state index contributed by atoms with van der Waals surface area (Å²) in [4.78, 5) is 23.8. The average molecular weight is 319 g/mol. The van der Waals surface area contributed by atoms with Gasteiger partial charge in [-0.2, -0.15) is 0 Å². The van der Waals surface area contributed by atoms with Crippen LogP contribution in [0.1, 0.15) is 5.56 Å². The molecule has 0 aliphatic carbocycles. The number of benzene rings is 3. The zero-order valence-electron chi connectivity index (χ0n) is 13.0. The molecule has 0 aromatic heterocycles. The number of amides is 3. The van der Waals surface area contributed by atoms with Crippen LogP contribution in [0, 0.1) is 0 Å². The highest BCUT2D eigenvalue weighted by Crippen LogP contribution is 2.22. The number of hydrogen-bond acceptors (Lipinski definition) is 2. The van der Waals surface area contributed by atoms with Crippen molar-refractivity contribution < 1.29 is 9.59 Å². The van der Waals surface area contributed by atoms with Crippen LogP contribution in [0.15, 0.2) is 72.8 Å². The van der Waals surface area contributed by atoms with E-state index >= 15 is 0 Å². The molecule has 0 aliphatic rings. The quantitative estimate of drug-likeness (QED) is 0.649. The van der Waals surface area contributed by atoms with Crippen molar-refractivity contribution >= 4 is 28.4 Å². The van der Waals surface area contributed by atoms with E-state index in [1.54, 1.807) is 0 Å². The van der Waals surface area contributed by atoms with Gasteiger partial charge < -0.3 is 5.32 Å². The lowest BCUT2D eigenvalue weighted by Crippen LogP contribution is -2.44. The van der Waals surface area contributed by atoms with E-state index in [-0.39, 0.29) is 12.3 Å². The fourth-order valence-electron chi connectivity index (χ4n) is 2.44. The first-order chi connectivity index (χ1) is 11.7. The highest BCUT2D eigenvalue weighted by atomic mass is 16.2. The third-order valence-corrected chi connectivity index (χ3v) is 3.56. The monoisotopic (exact) mass is 319 g/mol. The van der Waals surface area contributed by atoms with E-state index in [9.17, 15) is 9.59 Å². The maximum Gasteiger partial charge on any atom is 0.337 e. The molecule has 24 heavy (non-hydrogen) atoms. The second kappa shape index (κ2) is 7.28. The molecule has 0 atom stereocenters. The molecule has 0 heterocycles. The van der Waals surface area contributed by atoms with Crippen LogP contribution in [-0.2, 0) is 11.2 Å². The lowest BCUT2D eigenvalue weighted by molar-refractivity contribution is -0.121. The summed E-state index contributed by atoms with van der Waals surface area (Å²) < 4.78 is 0. The summed E-state index contributed by atoms with van der Waals surface area (Å²) in [7, 11) is 0. The van der Waals surface area contributed by atoms with Gasteiger partial charge >= 0.3 is 6.03 Å². The Morgan fingerprint density at radius 2 is 1.46 bits per heavy atom. The molecule has 3 aromatic carbocycles. The van der Waals surface area contributed by atoms with Crippen LogP contribution in [0.2, 0.25) is 0 Å². The summed E-state index contributed by atoms with van der Waals surface area (Å²) in [6.45, 7) is 0. The highest BCUT2D eigenvalue weighted by molar-refractivity contribution is 6.01. The Morgan fingerprint density at radius 1 is 0.750 bits per heavy atom. The standard InChI is InChI=1S/C19H17N3O2/c23-18(13-14-7-2-1-3-8-14)21-22-19(24)20-17-12-6-10-15-9-4-5-11-16(15)17/h1-12H,13H2,(H,21,23)(H2,20,22,24). The maximum atomic E-state index is 12.0. The molecule has 3 amide bonds. The third-order valence-electron chi connectivity index (χ3n) is 3.56. The zero-order valence-corrected chi connectivity index (χ0v) is 13.0. The van der Waals surface area contributed by atoms with Gasteiger partial charge in [0.05, 0.1) is 12.1 Å². The number of anilines is 1. The van der Waals surface area contributed by atoms with Gasteiger partial charge in [-0.15, -0.1) is 0 Å². The Bertz CT molecular complexity index is 857. The van der Waals surface area contributed by atoms with Crippen LogP contribution in [0.5, 0.6) is 0 Å². The van der Waals surface area contributed by atoms with Crippen molar-refractivity contribution in [3.8, 4) is 0 Å². The van der Waals surface area contributed by atoms with Crippen LogP contribution < -0.4 is 16.2 Å². The molecule has 5 heteroatoms. The van der Waals surface area contributed by atoms with E-state index in [4.69, 9.17) is 0 Å². The van der Waals surface area contributed by atoms with E-state index in [0.717, 1.165) is 16.3 Å². The molecular formula is C19H17N3O2. The van der Waals surface area contributed by atoms with Crippen molar-refractivity contribution in [3.63, 3.8) is 0 Å². The predicted molar refractivity (Wildman–Crippen MR) is 94.4 cm³/mol. The number of carbonyl (C=O) groups is 2. The molecule has 5 nitrogen and oxygen atoms in total. The fourth-order valence-corrected chi connectivity index (χ4v) is 2.44. The van der Waals surface area contributed by atoms with Gasteiger partial charge in [-0.25, -0.2) is 10.2 Å². The Balaban J connectivity index is 1.56. The molecule has 0 radical (unpaired) electrons. The Kier molecular flexibility index (Phi) is 4.72. The van der Waals surface area contributed by atoms with Crippen molar-refractivity contribution in [1.82, 2.24) is 10.9 Å². The number of nitrogens with one attached hydrogen (secondary N) is 3. The predicted octanol–water partition coefficient (Wildman–Crippen LogP) is 3.24. The average Bonchev–Trinajstić information content (AvgIpc) is 2.61. The van der Waals surface area contributed by atoms with Crippen LogP contribution in [0.3, 0.4) is 0 Å². The molecule has 0 spiro atoms. The first-order valence-corrected chi connectivity index (χ1v) is 7.60. The van der Waals surface area contributed by atoms with Crippen LogP contribution in [-0.4, -0.2) is 11.9 Å². The van der Waals surface area contributed by atoms with E-state index in [1.165, 1.54) is 0 Å². The number of rotatable bonds is 3. The lowest BCUT2D eigenvalue weighted by Gasteiger charge is -2.11. The van der Waals surface area contributed by atoms with Gasteiger partial charge in [-0.3, -0.25) is 10.2 Å². The van der Waals surface area contributed by atoms with Crippen LogP contribution in [0.4, 0.5) is 10.5 Å². The van der Waals surface area contributed by atoms with Gasteiger partial charge in [0.15, 0.2) is 0 Å². The summed E-state index contributed by atoms with van der Waals surface area (Å²) in [5.74, 6) is -0.283. The topological polar surface area (TPSA) is 70.2 Å². The zero-order chi connectivity index (χ0) is 16.8. The SMILES string of the molecule is O=C(Cc1ccccc1)NNC(=O)Nc1cccc2ccccc12. The van der Waals surface area contributed by atoms with E-state index in [2.05, 4.69) is 16.2 Å². The van der Waals surface area contributed by atoms with Crippen molar-refractivity contribution in [1.29, 1.82) is 0 Å². The lowest BCUT2D eigenvalue weighted by atomic mass is 10.1. The number of fused-ring (bicyclic) bond motifs is 1. The minimum Gasteiger partial charge on any atom is -0.306 e. The van der Waals surface area contributed by atoms with Gasteiger partial charge in [-0.1, -0.05) is 66.7 Å². The smallest absolute Gasteiger partial charge is 0.306 e. The van der Waals surface area contributed by atoms with Gasteiger partial charge in [0.25, 0.3) is 0 Å². The summed E-state index contributed by atoms with van der Waals surface area (Å²) in [5.41, 5.74) is 6.33.